The monoisotopic (exact) mass is 308 g/mol. The molecule has 5 heteroatoms. The summed E-state index contributed by atoms with van der Waals surface area (Å²) in [5.41, 5.74) is 0.773. The van der Waals surface area contributed by atoms with Crippen molar-refractivity contribution < 1.29 is 18.6 Å². The van der Waals surface area contributed by atoms with Crippen LogP contribution in [-0.4, -0.2) is 11.7 Å². The van der Waals surface area contributed by atoms with E-state index in [1.54, 1.807) is 6.07 Å². The Morgan fingerprint density at radius 2 is 2.00 bits per heavy atom. The van der Waals surface area contributed by atoms with Gasteiger partial charge in [-0.15, -0.1) is 0 Å². The Bertz CT molecular complexity index is 705. The molecule has 1 N–H and O–H groups in total. The largest absolute Gasteiger partial charge is 0.486 e. The van der Waals surface area contributed by atoms with Gasteiger partial charge in [-0.25, -0.2) is 8.78 Å². The van der Waals surface area contributed by atoms with Crippen LogP contribution in [0.1, 0.15) is 11.1 Å². The zero-order chi connectivity index (χ0) is 15.2. The molecule has 0 amide bonds. The van der Waals surface area contributed by atoms with Gasteiger partial charge in [0, 0.05) is 0 Å². The first kappa shape index (κ1) is 15.3. The van der Waals surface area contributed by atoms with E-state index < -0.39 is 11.6 Å². The molecule has 0 aliphatic carbocycles. The fourth-order valence-corrected chi connectivity index (χ4v) is 1.82. The van der Waals surface area contributed by atoms with Crippen LogP contribution in [0, 0.1) is 23.5 Å². The molecular weight excluding hydrogens is 298 g/mol. The van der Waals surface area contributed by atoms with Crippen molar-refractivity contribution in [3.63, 3.8) is 0 Å². The van der Waals surface area contributed by atoms with E-state index in [1.165, 1.54) is 30.3 Å². The third kappa shape index (κ3) is 3.94. The summed E-state index contributed by atoms with van der Waals surface area (Å²) in [5.74, 6) is 3.76. The number of hydrogen-bond donors (Lipinski definition) is 1. The Kier molecular flexibility index (Phi) is 5.15. The Balaban J connectivity index is 2.15. The van der Waals surface area contributed by atoms with Crippen molar-refractivity contribution in [1.82, 2.24) is 0 Å². The van der Waals surface area contributed by atoms with Crippen LogP contribution in [0.25, 0.3) is 0 Å². The van der Waals surface area contributed by atoms with Crippen LogP contribution in [0.3, 0.4) is 0 Å². The highest BCUT2D eigenvalue weighted by Crippen LogP contribution is 2.25. The summed E-state index contributed by atoms with van der Waals surface area (Å²) >= 11 is 5.65. The molecule has 0 atom stereocenters. The molecule has 0 aromatic heterocycles. The van der Waals surface area contributed by atoms with Crippen molar-refractivity contribution in [1.29, 1.82) is 0 Å². The summed E-state index contributed by atoms with van der Waals surface area (Å²) in [6, 6.07) is 8.70. The standard InChI is InChI=1S/C16H11ClF2O2/c17-13-4-1-5-15(16(13)19)21-10-11-6-7-14(18)12(9-11)3-2-8-20/h1,4-7,9,20H,8,10H2. The number of ether oxygens (including phenoxy) is 1. The van der Waals surface area contributed by atoms with Gasteiger partial charge in [0.25, 0.3) is 0 Å². The van der Waals surface area contributed by atoms with Gasteiger partial charge in [0.15, 0.2) is 11.6 Å². The first-order valence-electron chi connectivity index (χ1n) is 6.07. The summed E-state index contributed by atoms with van der Waals surface area (Å²) < 4.78 is 32.4. The maximum Gasteiger partial charge on any atom is 0.183 e. The fraction of sp³-hybridized carbons (Fsp3) is 0.125. The van der Waals surface area contributed by atoms with Crippen LogP contribution < -0.4 is 4.74 Å². The lowest BCUT2D eigenvalue weighted by Gasteiger charge is -2.08. The third-order valence-corrected chi connectivity index (χ3v) is 2.94. The molecule has 0 bridgehead atoms. The molecular formula is C16H11ClF2O2. The van der Waals surface area contributed by atoms with Gasteiger partial charge >= 0.3 is 0 Å². The number of rotatable bonds is 3. The molecule has 0 unspecified atom stereocenters. The van der Waals surface area contributed by atoms with Crippen LogP contribution in [0.2, 0.25) is 5.02 Å². The first-order valence-corrected chi connectivity index (χ1v) is 6.44. The fourth-order valence-electron chi connectivity index (χ4n) is 1.65. The summed E-state index contributed by atoms with van der Waals surface area (Å²) in [7, 11) is 0. The molecule has 2 nitrogen and oxygen atoms in total. The normalized spacial score (nSPS) is 9.90. The van der Waals surface area contributed by atoms with Gasteiger partial charge in [-0.3, -0.25) is 0 Å². The van der Waals surface area contributed by atoms with Crippen molar-refractivity contribution in [2.45, 2.75) is 6.61 Å². The second-order valence-electron chi connectivity index (χ2n) is 4.11. The summed E-state index contributed by atoms with van der Waals surface area (Å²) in [4.78, 5) is 0. The molecule has 2 rings (SSSR count). The number of aliphatic hydroxyl groups excluding tert-OH is 1. The molecule has 0 fully saturated rings. The Morgan fingerprint density at radius 1 is 1.19 bits per heavy atom. The minimum Gasteiger partial charge on any atom is -0.486 e. The quantitative estimate of drug-likeness (QED) is 0.879. The number of halogens is 3. The number of aliphatic hydroxyl groups is 1. The molecule has 108 valence electrons. The average molecular weight is 309 g/mol. The zero-order valence-corrected chi connectivity index (χ0v) is 11.6. The molecule has 0 radical (unpaired) electrons. The summed E-state index contributed by atoms with van der Waals surface area (Å²) in [6.45, 7) is -0.306. The molecule has 21 heavy (non-hydrogen) atoms. The second kappa shape index (κ2) is 7.07. The van der Waals surface area contributed by atoms with Crippen LogP contribution in [0.4, 0.5) is 8.78 Å². The minimum atomic E-state index is -0.637. The first-order chi connectivity index (χ1) is 10.1. The van der Waals surface area contributed by atoms with E-state index in [-0.39, 0.29) is 29.5 Å². The van der Waals surface area contributed by atoms with Gasteiger partial charge < -0.3 is 9.84 Å². The van der Waals surface area contributed by atoms with Crippen LogP contribution in [0.5, 0.6) is 5.75 Å². The van der Waals surface area contributed by atoms with Crippen molar-refractivity contribution in [2.24, 2.45) is 0 Å². The predicted octanol–water partition coefficient (Wildman–Crippen LogP) is 3.54. The molecule has 0 saturated heterocycles. The topological polar surface area (TPSA) is 29.5 Å². The average Bonchev–Trinajstić information content (AvgIpc) is 2.49. The van der Waals surface area contributed by atoms with Gasteiger partial charge in [0.2, 0.25) is 0 Å². The SMILES string of the molecule is OCC#Cc1cc(COc2cccc(Cl)c2F)ccc1F. The van der Waals surface area contributed by atoms with Gasteiger partial charge in [0.05, 0.1) is 10.6 Å². The predicted molar refractivity (Wildman–Crippen MR) is 76.1 cm³/mol. The second-order valence-corrected chi connectivity index (χ2v) is 4.52. The lowest BCUT2D eigenvalue weighted by molar-refractivity contribution is 0.290. The molecule has 2 aromatic rings. The van der Waals surface area contributed by atoms with Gasteiger partial charge in [-0.05, 0) is 29.8 Å². The Hall–Kier alpha value is -2.09. The van der Waals surface area contributed by atoms with E-state index in [0.717, 1.165) is 0 Å². The lowest BCUT2D eigenvalue weighted by Crippen LogP contribution is -1.99. The summed E-state index contributed by atoms with van der Waals surface area (Å²) in [5, 5.41) is 8.59. The van der Waals surface area contributed by atoms with Crippen molar-refractivity contribution >= 4 is 11.6 Å². The van der Waals surface area contributed by atoms with E-state index in [1.807, 2.05) is 0 Å². The maximum absolute atomic E-state index is 13.6. The number of hydrogen-bond acceptors (Lipinski definition) is 2. The minimum absolute atomic E-state index is 0.0230. The molecule has 0 spiro atoms. The van der Waals surface area contributed by atoms with Crippen LogP contribution in [0.15, 0.2) is 36.4 Å². The highest BCUT2D eigenvalue weighted by molar-refractivity contribution is 6.30. The third-order valence-electron chi connectivity index (χ3n) is 2.64. The van der Waals surface area contributed by atoms with E-state index in [2.05, 4.69) is 11.8 Å². The smallest absolute Gasteiger partial charge is 0.183 e. The molecule has 0 saturated carbocycles. The van der Waals surface area contributed by atoms with E-state index in [4.69, 9.17) is 21.4 Å². The Morgan fingerprint density at radius 3 is 2.76 bits per heavy atom. The summed E-state index contributed by atoms with van der Waals surface area (Å²) in [6.07, 6.45) is 0. The molecule has 0 aliphatic rings. The van der Waals surface area contributed by atoms with Crippen molar-refractivity contribution in [3.05, 3.63) is 64.2 Å². The van der Waals surface area contributed by atoms with Crippen molar-refractivity contribution in [3.8, 4) is 17.6 Å². The van der Waals surface area contributed by atoms with Crippen LogP contribution in [-0.2, 0) is 6.61 Å². The van der Waals surface area contributed by atoms with Gasteiger partial charge in [-0.1, -0.05) is 35.6 Å². The van der Waals surface area contributed by atoms with Crippen molar-refractivity contribution in [2.75, 3.05) is 6.61 Å². The number of benzene rings is 2. The van der Waals surface area contributed by atoms with Gasteiger partial charge in [0.1, 0.15) is 19.0 Å². The van der Waals surface area contributed by atoms with E-state index in [9.17, 15) is 8.78 Å². The maximum atomic E-state index is 13.6. The highest BCUT2D eigenvalue weighted by Gasteiger charge is 2.08. The van der Waals surface area contributed by atoms with Crippen LogP contribution >= 0.6 is 11.6 Å². The molecule has 0 aliphatic heterocycles. The lowest BCUT2D eigenvalue weighted by atomic mass is 10.1. The highest BCUT2D eigenvalue weighted by atomic mass is 35.5. The van der Waals surface area contributed by atoms with E-state index in [0.29, 0.717) is 5.56 Å². The van der Waals surface area contributed by atoms with Gasteiger partial charge in [-0.2, -0.15) is 0 Å². The Labute approximate surface area is 125 Å². The molecule has 2 aromatic carbocycles. The molecule has 0 heterocycles. The zero-order valence-electron chi connectivity index (χ0n) is 10.9. The van der Waals surface area contributed by atoms with E-state index >= 15 is 0 Å².